The summed E-state index contributed by atoms with van der Waals surface area (Å²) in [6.45, 7) is 0.498. The predicted octanol–water partition coefficient (Wildman–Crippen LogP) is 5.07. The molecule has 5 heteroatoms. The second-order valence-electron chi connectivity index (χ2n) is 5.94. The molecule has 1 aliphatic heterocycles. The summed E-state index contributed by atoms with van der Waals surface area (Å²) in [4.78, 5) is 13.0. The van der Waals surface area contributed by atoms with Crippen LogP contribution in [0.1, 0.15) is 21.8 Å². The van der Waals surface area contributed by atoms with Crippen molar-refractivity contribution in [2.24, 2.45) is 5.10 Å². The standard InChI is InChI=1S/C20H14Cl2N2O/c21-16-6-3-7-17(22)18(16)15-11-23-24-19(15)20(25)14-9-8-12-4-1-2-5-13(12)10-14/h1-10,15,23H,11H2/t15-/m0/s1. The van der Waals surface area contributed by atoms with Crippen LogP contribution in [-0.4, -0.2) is 18.0 Å². The van der Waals surface area contributed by atoms with Crippen molar-refractivity contribution in [3.05, 3.63) is 81.8 Å². The van der Waals surface area contributed by atoms with Gasteiger partial charge in [-0.25, -0.2) is 0 Å². The van der Waals surface area contributed by atoms with E-state index in [0.717, 1.165) is 16.3 Å². The molecular formula is C20H14Cl2N2O. The highest BCUT2D eigenvalue weighted by atomic mass is 35.5. The Morgan fingerprint density at radius 2 is 1.68 bits per heavy atom. The fraction of sp³-hybridized carbons (Fsp3) is 0.100. The zero-order valence-corrected chi connectivity index (χ0v) is 14.7. The third kappa shape index (κ3) is 2.90. The first-order valence-electron chi connectivity index (χ1n) is 7.93. The molecule has 0 amide bonds. The van der Waals surface area contributed by atoms with Gasteiger partial charge in [-0.15, -0.1) is 0 Å². The highest BCUT2D eigenvalue weighted by Gasteiger charge is 2.32. The first-order chi connectivity index (χ1) is 12.1. The summed E-state index contributed by atoms with van der Waals surface area (Å²) >= 11 is 12.7. The van der Waals surface area contributed by atoms with Crippen molar-refractivity contribution < 1.29 is 4.79 Å². The molecule has 124 valence electrons. The summed E-state index contributed by atoms with van der Waals surface area (Å²) in [6, 6.07) is 19.0. The highest BCUT2D eigenvalue weighted by molar-refractivity contribution is 6.49. The quantitative estimate of drug-likeness (QED) is 0.655. The van der Waals surface area contributed by atoms with E-state index in [1.54, 1.807) is 18.2 Å². The average Bonchev–Trinajstić information content (AvgIpc) is 3.10. The van der Waals surface area contributed by atoms with Gasteiger partial charge in [-0.3, -0.25) is 4.79 Å². The predicted molar refractivity (Wildman–Crippen MR) is 103 cm³/mol. The van der Waals surface area contributed by atoms with Gasteiger partial charge < -0.3 is 5.43 Å². The van der Waals surface area contributed by atoms with Gasteiger partial charge in [0.15, 0.2) is 0 Å². The first-order valence-corrected chi connectivity index (χ1v) is 8.68. The van der Waals surface area contributed by atoms with Crippen molar-refractivity contribution in [3.8, 4) is 0 Å². The van der Waals surface area contributed by atoms with Crippen molar-refractivity contribution in [2.45, 2.75) is 5.92 Å². The van der Waals surface area contributed by atoms with Gasteiger partial charge >= 0.3 is 0 Å². The Labute approximate surface area is 155 Å². The van der Waals surface area contributed by atoms with E-state index >= 15 is 0 Å². The van der Waals surface area contributed by atoms with E-state index in [4.69, 9.17) is 23.2 Å². The van der Waals surface area contributed by atoms with Crippen LogP contribution in [0.4, 0.5) is 0 Å². The van der Waals surface area contributed by atoms with Gasteiger partial charge in [0.1, 0.15) is 5.71 Å². The molecule has 0 aliphatic carbocycles. The molecule has 0 aromatic heterocycles. The van der Waals surface area contributed by atoms with E-state index < -0.39 is 0 Å². The minimum absolute atomic E-state index is 0.114. The fourth-order valence-corrected chi connectivity index (χ4v) is 3.83. The van der Waals surface area contributed by atoms with Crippen LogP contribution in [0.25, 0.3) is 10.8 Å². The Balaban J connectivity index is 1.73. The molecule has 0 bridgehead atoms. The summed E-state index contributed by atoms with van der Waals surface area (Å²) < 4.78 is 0. The molecule has 0 unspecified atom stereocenters. The molecule has 0 fully saturated rings. The van der Waals surface area contributed by atoms with Crippen molar-refractivity contribution in [1.29, 1.82) is 0 Å². The van der Waals surface area contributed by atoms with Crippen LogP contribution in [0.15, 0.2) is 65.8 Å². The van der Waals surface area contributed by atoms with E-state index in [-0.39, 0.29) is 11.7 Å². The maximum absolute atomic E-state index is 13.0. The second-order valence-corrected chi connectivity index (χ2v) is 6.75. The molecule has 3 nitrogen and oxygen atoms in total. The number of hydrogen-bond donors (Lipinski definition) is 1. The molecule has 25 heavy (non-hydrogen) atoms. The number of fused-ring (bicyclic) bond motifs is 1. The number of hydrazone groups is 1. The molecule has 4 rings (SSSR count). The third-order valence-corrected chi connectivity index (χ3v) is 5.08. The fourth-order valence-electron chi connectivity index (χ4n) is 3.17. The van der Waals surface area contributed by atoms with Crippen molar-refractivity contribution >= 4 is 45.5 Å². The van der Waals surface area contributed by atoms with Gasteiger partial charge in [0.05, 0.1) is 5.92 Å². The van der Waals surface area contributed by atoms with Crippen molar-refractivity contribution in [3.63, 3.8) is 0 Å². The number of nitrogens with one attached hydrogen (secondary N) is 1. The molecule has 0 radical (unpaired) electrons. The number of halogens is 2. The molecule has 1 aliphatic rings. The Hall–Kier alpha value is -2.36. The highest BCUT2D eigenvalue weighted by Crippen LogP contribution is 2.34. The molecular weight excluding hydrogens is 355 g/mol. The molecule has 1 heterocycles. The van der Waals surface area contributed by atoms with Gasteiger partial charge in [-0.2, -0.15) is 5.10 Å². The molecule has 0 saturated carbocycles. The smallest absolute Gasteiger partial charge is 0.209 e. The minimum atomic E-state index is -0.264. The molecule has 0 saturated heterocycles. The lowest BCUT2D eigenvalue weighted by Crippen LogP contribution is -2.22. The summed E-state index contributed by atoms with van der Waals surface area (Å²) in [5, 5.41) is 7.43. The SMILES string of the molecule is O=C(C1=NNC[C@H]1c1c(Cl)cccc1Cl)c1ccc2ccccc2c1. The largest absolute Gasteiger partial charge is 0.309 e. The van der Waals surface area contributed by atoms with Gasteiger partial charge in [-0.05, 0) is 29.0 Å². The zero-order valence-electron chi connectivity index (χ0n) is 13.2. The number of carbonyl (C=O) groups excluding carboxylic acids is 1. The van der Waals surface area contributed by atoms with Crippen LogP contribution in [0.2, 0.25) is 10.0 Å². The first kappa shape index (κ1) is 16.1. The molecule has 3 aromatic carbocycles. The van der Waals surface area contributed by atoms with Crippen LogP contribution in [0.3, 0.4) is 0 Å². The van der Waals surface area contributed by atoms with Crippen LogP contribution in [-0.2, 0) is 0 Å². The van der Waals surface area contributed by atoms with E-state index in [1.807, 2.05) is 42.5 Å². The minimum Gasteiger partial charge on any atom is -0.309 e. The summed E-state index contributed by atoms with van der Waals surface area (Å²) in [7, 11) is 0. The normalized spacial score (nSPS) is 16.6. The number of benzene rings is 3. The Morgan fingerprint density at radius 1 is 0.960 bits per heavy atom. The lowest BCUT2D eigenvalue weighted by molar-refractivity contribution is 0.106. The lowest BCUT2D eigenvalue weighted by Gasteiger charge is -2.15. The number of hydrogen-bond acceptors (Lipinski definition) is 3. The monoisotopic (exact) mass is 368 g/mol. The summed E-state index contributed by atoms with van der Waals surface area (Å²) in [5.74, 6) is -0.378. The molecule has 1 atom stereocenters. The van der Waals surface area contributed by atoms with Gasteiger partial charge in [0, 0.05) is 27.7 Å². The number of carbonyl (C=O) groups is 1. The van der Waals surface area contributed by atoms with Gasteiger partial charge in [0.25, 0.3) is 0 Å². The third-order valence-electron chi connectivity index (χ3n) is 4.42. The van der Waals surface area contributed by atoms with E-state index in [2.05, 4.69) is 10.5 Å². The number of ketones is 1. The van der Waals surface area contributed by atoms with Gasteiger partial charge in [0.2, 0.25) is 5.78 Å². The summed E-state index contributed by atoms with van der Waals surface area (Å²) in [5.41, 5.74) is 4.69. The lowest BCUT2D eigenvalue weighted by atomic mass is 9.89. The number of rotatable bonds is 3. The maximum Gasteiger partial charge on any atom is 0.209 e. The van der Waals surface area contributed by atoms with Crippen molar-refractivity contribution in [1.82, 2.24) is 5.43 Å². The summed E-state index contributed by atoms with van der Waals surface area (Å²) in [6.07, 6.45) is 0. The number of Topliss-reactive ketones (excluding diaryl/α,β-unsaturated/α-hetero) is 1. The van der Waals surface area contributed by atoms with E-state index in [0.29, 0.717) is 27.9 Å². The van der Waals surface area contributed by atoms with Crippen LogP contribution in [0, 0.1) is 0 Å². The average molecular weight is 369 g/mol. The topological polar surface area (TPSA) is 41.5 Å². The van der Waals surface area contributed by atoms with E-state index in [9.17, 15) is 4.79 Å². The van der Waals surface area contributed by atoms with Crippen LogP contribution in [0.5, 0.6) is 0 Å². The Kier molecular flexibility index (Phi) is 4.20. The van der Waals surface area contributed by atoms with Crippen LogP contribution < -0.4 is 5.43 Å². The molecule has 1 N–H and O–H groups in total. The van der Waals surface area contributed by atoms with Crippen LogP contribution >= 0.6 is 23.2 Å². The second kappa shape index (κ2) is 6.51. The maximum atomic E-state index is 13.0. The number of nitrogens with zero attached hydrogens (tertiary/aromatic N) is 1. The molecule has 0 spiro atoms. The zero-order chi connectivity index (χ0) is 17.4. The molecule has 3 aromatic rings. The Bertz CT molecular complexity index is 993. The van der Waals surface area contributed by atoms with Crippen molar-refractivity contribution in [2.75, 3.05) is 6.54 Å². The van der Waals surface area contributed by atoms with Gasteiger partial charge in [-0.1, -0.05) is 65.7 Å². The van der Waals surface area contributed by atoms with E-state index in [1.165, 1.54) is 0 Å². The Morgan fingerprint density at radius 3 is 2.44 bits per heavy atom.